The third-order valence-corrected chi connectivity index (χ3v) is 4.87. The van der Waals surface area contributed by atoms with E-state index < -0.39 is 15.8 Å². The summed E-state index contributed by atoms with van der Waals surface area (Å²) in [4.78, 5) is 11.8. The molecule has 0 aromatic heterocycles. The number of carbonyl (C=O) groups excluding carboxylic acids is 1. The van der Waals surface area contributed by atoms with E-state index in [4.69, 9.17) is 4.74 Å². The maximum Gasteiger partial charge on any atom is 0.240 e. The first-order chi connectivity index (χ1) is 11.9. The standard InChI is InChI=1S/C17H19FN2O4S/c1-24-15-4-2-3-13(11-15)12-19-17(21)9-10-20-25(22,23)16-7-5-14(18)6-8-16/h2-8,11,20H,9-10,12H2,1H3,(H,19,21). The van der Waals surface area contributed by atoms with Gasteiger partial charge in [0.1, 0.15) is 11.6 Å². The predicted molar refractivity (Wildman–Crippen MR) is 91.0 cm³/mol. The van der Waals surface area contributed by atoms with E-state index in [2.05, 4.69) is 10.0 Å². The van der Waals surface area contributed by atoms with Crippen LogP contribution in [-0.4, -0.2) is 28.0 Å². The molecule has 8 heteroatoms. The molecule has 2 aromatic carbocycles. The molecule has 0 atom stereocenters. The first kappa shape index (κ1) is 18.9. The van der Waals surface area contributed by atoms with E-state index in [1.807, 2.05) is 12.1 Å². The number of hydrogen-bond donors (Lipinski definition) is 2. The molecular weight excluding hydrogens is 347 g/mol. The summed E-state index contributed by atoms with van der Waals surface area (Å²) in [6.07, 6.45) is -0.00953. The Bertz CT molecular complexity index is 823. The van der Waals surface area contributed by atoms with E-state index in [1.165, 1.54) is 12.1 Å². The van der Waals surface area contributed by atoms with Crippen LogP contribution in [0, 0.1) is 5.82 Å². The SMILES string of the molecule is COc1cccc(CNC(=O)CCNS(=O)(=O)c2ccc(F)cc2)c1. The van der Waals surface area contributed by atoms with Gasteiger partial charge >= 0.3 is 0 Å². The molecule has 1 amide bonds. The molecule has 6 nitrogen and oxygen atoms in total. The van der Waals surface area contributed by atoms with Crippen LogP contribution in [0.25, 0.3) is 0 Å². The number of amides is 1. The van der Waals surface area contributed by atoms with Gasteiger partial charge in [0.2, 0.25) is 15.9 Å². The number of sulfonamides is 1. The van der Waals surface area contributed by atoms with Crippen LogP contribution in [0.3, 0.4) is 0 Å². The van der Waals surface area contributed by atoms with E-state index in [9.17, 15) is 17.6 Å². The summed E-state index contributed by atoms with van der Waals surface area (Å²) in [5, 5.41) is 2.70. The smallest absolute Gasteiger partial charge is 0.240 e. The topological polar surface area (TPSA) is 84.5 Å². The van der Waals surface area contributed by atoms with Gasteiger partial charge in [-0.25, -0.2) is 17.5 Å². The van der Waals surface area contributed by atoms with E-state index in [0.717, 1.165) is 17.7 Å². The summed E-state index contributed by atoms with van der Waals surface area (Å²) in [7, 11) is -2.20. The van der Waals surface area contributed by atoms with E-state index >= 15 is 0 Å². The Morgan fingerprint density at radius 3 is 2.56 bits per heavy atom. The van der Waals surface area contributed by atoms with E-state index in [-0.39, 0.29) is 23.8 Å². The number of halogens is 1. The fourth-order valence-electron chi connectivity index (χ4n) is 2.07. The van der Waals surface area contributed by atoms with Gasteiger partial charge in [-0.3, -0.25) is 4.79 Å². The molecule has 0 fully saturated rings. The maximum atomic E-state index is 12.8. The van der Waals surface area contributed by atoms with Crippen molar-refractivity contribution in [1.29, 1.82) is 0 Å². The lowest BCUT2D eigenvalue weighted by Crippen LogP contribution is -2.30. The number of benzene rings is 2. The molecule has 2 rings (SSSR count). The normalized spacial score (nSPS) is 11.1. The lowest BCUT2D eigenvalue weighted by Gasteiger charge is -2.08. The molecule has 0 unspecified atom stereocenters. The third-order valence-electron chi connectivity index (χ3n) is 3.39. The highest BCUT2D eigenvalue weighted by atomic mass is 32.2. The van der Waals surface area contributed by atoms with Crippen molar-refractivity contribution in [2.45, 2.75) is 17.9 Å². The monoisotopic (exact) mass is 366 g/mol. The predicted octanol–water partition coefficient (Wildman–Crippen LogP) is 1.82. The van der Waals surface area contributed by atoms with Crippen molar-refractivity contribution in [2.24, 2.45) is 0 Å². The van der Waals surface area contributed by atoms with Crippen LogP contribution in [-0.2, 0) is 21.4 Å². The molecule has 0 aliphatic carbocycles. The average molecular weight is 366 g/mol. The molecule has 0 radical (unpaired) electrons. The molecule has 134 valence electrons. The van der Waals surface area contributed by atoms with Crippen molar-refractivity contribution in [3.05, 3.63) is 59.9 Å². The van der Waals surface area contributed by atoms with Crippen LogP contribution in [0.2, 0.25) is 0 Å². The van der Waals surface area contributed by atoms with Crippen molar-refractivity contribution in [3.8, 4) is 5.75 Å². The highest BCUT2D eigenvalue weighted by molar-refractivity contribution is 7.89. The zero-order chi connectivity index (χ0) is 18.3. The van der Waals surface area contributed by atoms with Gasteiger partial charge in [-0.15, -0.1) is 0 Å². The minimum atomic E-state index is -3.76. The summed E-state index contributed by atoms with van der Waals surface area (Å²) in [6.45, 7) is 0.268. The van der Waals surface area contributed by atoms with Gasteiger partial charge in [0.15, 0.2) is 0 Å². The van der Waals surface area contributed by atoms with Crippen LogP contribution in [0.15, 0.2) is 53.4 Å². The minimum absolute atomic E-state index is 0.00953. The molecule has 0 aliphatic heterocycles. The lowest BCUT2D eigenvalue weighted by atomic mass is 10.2. The van der Waals surface area contributed by atoms with Gasteiger partial charge in [0.05, 0.1) is 12.0 Å². The molecule has 0 heterocycles. The lowest BCUT2D eigenvalue weighted by molar-refractivity contribution is -0.121. The number of hydrogen-bond acceptors (Lipinski definition) is 4. The quantitative estimate of drug-likeness (QED) is 0.746. The molecule has 2 N–H and O–H groups in total. The van der Waals surface area contributed by atoms with Gasteiger partial charge in [-0.2, -0.15) is 0 Å². The van der Waals surface area contributed by atoms with Gasteiger partial charge in [0.25, 0.3) is 0 Å². The third kappa shape index (κ3) is 5.84. The first-order valence-electron chi connectivity index (χ1n) is 7.55. The van der Waals surface area contributed by atoms with Crippen LogP contribution < -0.4 is 14.8 Å². The minimum Gasteiger partial charge on any atom is -0.497 e. The molecule has 0 saturated carbocycles. The highest BCUT2D eigenvalue weighted by Crippen LogP contribution is 2.12. The number of ether oxygens (including phenoxy) is 1. The van der Waals surface area contributed by atoms with Crippen molar-refractivity contribution < 1.29 is 22.3 Å². The number of nitrogens with one attached hydrogen (secondary N) is 2. The Morgan fingerprint density at radius 2 is 1.88 bits per heavy atom. The zero-order valence-corrected chi connectivity index (χ0v) is 14.5. The second-order valence-electron chi connectivity index (χ2n) is 5.23. The Hall–Kier alpha value is -2.45. The number of methoxy groups -OCH3 is 1. The van der Waals surface area contributed by atoms with Crippen molar-refractivity contribution in [2.75, 3.05) is 13.7 Å². The van der Waals surface area contributed by atoms with Gasteiger partial charge < -0.3 is 10.1 Å². The largest absolute Gasteiger partial charge is 0.497 e. The number of carbonyl (C=O) groups is 1. The second kappa shape index (κ2) is 8.59. The van der Waals surface area contributed by atoms with Gasteiger partial charge in [0, 0.05) is 19.5 Å². The van der Waals surface area contributed by atoms with Crippen molar-refractivity contribution in [1.82, 2.24) is 10.0 Å². The first-order valence-corrected chi connectivity index (χ1v) is 9.04. The Kier molecular flexibility index (Phi) is 6.49. The van der Waals surface area contributed by atoms with Crippen LogP contribution >= 0.6 is 0 Å². The Balaban J connectivity index is 1.79. The fraction of sp³-hybridized carbons (Fsp3) is 0.235. The molecule has 2 aromatic rings. The second-order valence-corrected chi connectivity index (χ2v) is 7.00. The highest BCUT2D eigenvalue weighted by Gasteiger charge is 2.14. The average Bonchev–Trinajstić information content (AvgIpc) is 2.60. The van der Waals surface area contributed by atoms with Gasteiger partial charge in [-0.1, -0.05) is 12.1 Å². The number of rotatable bonds is 8. The molecule has 0 aliphatic rings. The van der Waals surface area contributed by atoms with Crippen LogP contribution in [0.5, 0.6) is 5.75 Å². The summed E-state index contributed by atoms with van der Waals surface area (Å²) in [5.74, 6) is -0.112. The molecule has 0 bridgehead atoms. The zero-order valence-electron chi connectivity index (χ0n) is 13.7. The molecule has 0 saturated heterocycles. The molecule has 25 heavy (non-hydrogen) atoms. The van der Waals surface area contributed by atoms with E-state index in [0.29, 0.717) is 12.3 Å². The summed E-state index contributed by atoms with van der Waals surface area (Å²) < 4.78 is 44.2. The molecule has 0 spiro atoms. The maximum absolute atomic E-state index is 12.8. The van der Waals surface area contributed by atoms with Gasteiger partial charge in [-0.05, 0) is 42.0 Å². The van der Waals surface area contributed by atoms with Crippen LogP contribution in [0.4, 0.5) is 4.39 Å². The van der Waals surface area contributed by atoms with Crippen LogP contribution in [0.1, 0.15) is 12.0 Å². The Labute approximate surface area is 146 Å². The fourth-order valence-corrected chi connectivity index (χ4v) is 3.10. The summed E-state index contributed by atoms with van der Waals surface area (Å²) in [6, 6.07) is 11.7. The van der Waals surface area contributed by atoms with Crippen molar-refractivity contribution in [3.63, 3.8) is 0 Å². The summed E-state index contributed by atoms with van der Waals surface area (Å²) in [5.41, 5.74) is 0.875. The Morgan fingerprint density at radius 1 is 1.16 bits per heavy atom. The molecular formula is C17H19FN2O4S. The van der Waals surface area contributed by atoms with Crippen molar-refractivity contribution >= 4 is 15.9 Å². The summed E-state index contributed by atoms with van der Waals surface area (Å²) >= 11 is 0. The van der Waals surface area contributed by atoms with E-state index in [1.54, 1.807) is 19.2 Å².